The van der Waals surface area contributed by atoms with Crippen molar-refractivity contribution in [3.05, 3.63) is 66.0 Å². The number of nitrogens with zero attached hydrogens (tertiary/aromatic N) is 1. The summed E-state index contributed by atoms with van der Waals surface area (Å²) in [5.41, 5.74) is 2.77. The third-order valence-electron chi connectivity index (χ3n) is 3.78. The molecule has 0 aliphatic heterocycles. The number of pyridine rings is 1. The second kappa shape index (κ2) is 9.36. The maximum Gasteiger partial charge on any atom is 0.296 e. The van der Waals surface area contributed by atoms with Crippen LogP contribution in [0.15, 0.2) is 54.9 Å². The molecule has 0 unspecified atom stereocenters. The van der Waals surface area contributed by atoms with E-state index in [-0.39, 0.29) is 5.91 Å². The van der Waals surface area contributed by atoms with Crippen LogP contribution in [0.4, 0.5) is 0 Å². The van der Waals surface area contributed by atoms with E-state index in [0.717, 1.165) is 22.2 Å². The van der Waals surface area contributed by atoms with Gasteiger partial charge in [0, 0.05) is 48.9 Å². The monoisotopic (exact) mass is 377 g/mol. The predicted octanol–water partition coefficient (Wildman–Crippen LogP) is 1.69. The maximum absolute atomic E-state index is 11.7. The molecule has 0 saturated heterocycles. The lowest BCUT2D eigenvalue weighted by Gasteiger charge is -2.11. The van der Waals surface area contributed by atoms with E-state index in [1.165, 1.54) is 0 Å². The highest BCUT2D eigenvalue weighted by Crippen LogP contribution is 2.14. The number of amides is 1. The van der Waals surface area contributed by atoms with Gasteiger partial charge in [0.2, 0.25) is 0 Å². The minimum atomic E-state index is -0.314. The van der Waals surface area contributed by atoms with Gasteiger partial charge in [0.05, 0.1) is 0 Å². The number of thiocarbonyl (C=S) groups is 1. The fourth-order valence-corrected chi connectivity index (χ4v) is 2.63. The largest absolute Gasteiger partial charge is 0.361 e. The molecule has 0 fully saturated rings. The highest BCUT2D eigenvalue weighted by Gasteiger charge is 2.03. The summed E-state index contributed by atoms with van der Waals surface area (Å²) in [6.45, 7) is 1.54. The summed E-state index contributed by atoms with van der Waals surface area (Å²) in [6, 6.07) is 13.3. The van der Waals surface area contributed by atoms with Crippen molar-refractivity contribution >= 4 is 34.3 Å². The van der Waals surface area contributed by atoms with Gasteiger partial charge in [-0.2, -0.15) is 0 Å². The summed E-state index contributed by atoms with van der Waals surface area (Å²) < 4.78 is 0. The number of carbonyl (C=O) groups excluding carboxylic acids is 1. The molecule has 2 aromatic heterocycles. The minimum absolute atomic E-state index is 0.314. The molecule has 0 spiro atoms. The summed E-state index contributed by atoms with van der Waals surface area (Å²) in [5, 5.41) is 10.5. The van der Waals surface area contributed by atoms with Crippen molar-refractivity contribution in [2.75, 3.05) is 13.1 Å². The van der Waals surface area contributed by atoms with Gasteiger partial charge < -0.3 is 20.9 Å². The van der Waals surface area contributed by atoms with Gasteiger partial charge in [0.25, 0.3) is 5.91 Å². The molecule has 3 aromatic rings. The number of benzene rings is 1. The van der Waals surface area contributed by atoms with E-state index in [4.69, 9.17) is 12.2 Å². The summed E-state index contributed by atoms with van der Waals surface area (Å²) in [5.74, 6) is 5.07. The molecule has 0 radical (unpaired) electrons. The molecular weight excluding hydrogens is 358 g/mol. The number of rotatable bonds is 5. The van der Waals surface area contributed by atoms with E-state index in [1.54, 1.807) is 6.20 Å². The Morgan fingerprint density at radius 3 is 2.74 bits per heavy atom. The first kappa shape index (κ1) is 18.4. The van der Waals surface area contributed by atoms with E-state index < -0.39 is 0 Å². The van der Waals surface area contributed by atoms with Crippen LogP contribution in [0.25, 0.3) is 11.0 Å². The Labute approximate surface area is 162 Å². The van der Waals surface area contributed by atoms with Gasteiger partial charge in [-0.25, -0.2) is 4.98 Å². The third-order valence-corrected chi connectivity index (χ3v) is 4.07. The molecule has 1 amide bonds. The molecule has 0 bridgehead atoms. The van der Waals surface area contributed by atoms with Gasteiger partial charge in [0.1, 0.15) is 5.65 Å². The molecule has 0 saturated carbocycles. The maximum atomic E-state index is 11.7. The summed E-state index contributed by atoms with van der Waals surface area (Å²) in [7, 11) is 0. The predicted molar refractivity (Wildman–Crippen MR) is 110 cm³/mol. The number of aromatic amines is 1. The van der Waals surface area contributed by atoms with Crippen molar-refractivity contribution in [1.29, 1.82) is 0 Å². The van der Waals surface area contributed by atoms with Crippen LogP contribution in [-0.4, -0.2) is 34.1 Å². The molecule has 0 aliphatic rings. The fraction of sp³-hybridized carbons (Fsp3) is 0.150. The summed E-state index contributed by atoms with van der Waals surface area (Å²) >= 11 is 5.26. The van der Waals surface area contributed by atoms with Crippen LogP contribution in [0.5, 0.6) is 0 Å². The van der Waals surface area contributed by atoms with Gasteiger partial charge in [0.15, 0.2) is 5.11 Å². The molecule has 6 nitrogen and oxygen atoms in total. The zero-order chi connectivity index (χ0) is 18.9. The standard InChI is InChI=1S/C20H19N5OS/c26-18(7-6-15-4-2-1-3-5-15)21-12-13-24-20(27)25-14-16-8-10-22-19-17(16)9-11-23-19/h1-5,8-11H,12-14H2,(H,21,26)(H,22,23)(H2,24,25,27). The quantitative estimate of drug-likeness (QED) is 0.309. The topological polar surface area (TPSA) is 81.8 Å². The van der Waals surface area contributed by atoms with Gasteiger partial charge in [-0.1, -0.05) is 24.1 Å². The Hall–Kier alpha value is -3.37. The van der Waals surface area contributed by atoms with E-state index in [9.17, 15) is 4.79 Å². The average molecular weight is 377 g/mol. The molecule has 7 heteroatoms. The third kappa shape index (κ3) is 5.56. The number of nitrogens with one attached hydrogen (secondary N) is 4. The Bertz CT molecular complexity index is 988. The van der Waals surface area contributed by atoms with E-state index in [1.807, 2.05) is 48.7 Å². The zero-order valence-electron chi connectivity index (χ0n) is 14.6. The number of H-pyrrole nitrogens is 1. The normalized spacial score (nSPS) is 9.93. The van der Waals surface area contributed by atoms with Gasteiger partial charge in [-0.05, 0) is 42.0 Å². The molecule has 27 heavy (non-hydrogen) atoms. The number of hydrogen-bond donors (Lipinski definition) is 4. The number of hydrogen-bond acceptors (Lipinski definition) is 3. The molecular formula is C20H19N5OS. The van der Waals surface area contributed by atoms with Crippen LogP contribution >= 0.6 is 12.2 Å². The lowest BCUT2D eigenvalue weighted by molar-refractivity contribution is -0.115. The minimum Gasteiger partial charge on any atom is -0.361 e. The second-order valence-electron chi connectivity index (χ2n) is 5.69. The van der Waals surface area contributed by atoms with Crippen molar-refractivity contribution in [2.24, 2.45) is 0 Å². The van der Waals surface area contributed by atoms with Crippen molar-refractivity contribution in [3.8, 4) is 11.8 Å². The van der Waals surface area contributed by atoms with Crippen molar-refractivity contribution < 1.29 is 4.79 Å². The molecule has 1 aromatic carbocycles. The average Bonchev–Trinajstić information content (AvgIpc) is 3.18. The number of aromatic nitrogens is 2. The van der Waals surface area contributed by atoms with E-state index in [0.29, 0.717) is 24.7 Å². The number of carbonyl (C=O) groups is 1. The van der Waals surface area contributed by atoms with E-state index >= 15 is 0 Å². The Balaban J connectivity index is 1.36. The van der Waals surface area contributed by atoms with Crippen LogP contribution in [-0.2, 0) is 11.3 Å². The van der Waals surface area contributed by atoms with Crippen LogP contribution in [0.2, 0.25) is 0 Å². The Morgan fingerprint density at radius 2 is 1.89 bits per heavy atom. The van der Waals surface area contributed by atoms with Gasteiger partial charge in [-0.15, -0.1) is 0 Å². The molecule has 2 heterocycles. The fourth-order valence-electron chi connectivity index (χ4n) is 2.46. The molecule has 3 rings (SSSR count). The smallest absolute Gasteiger partial charge is 0.296 e. The van der Waals surface area contributed by atoms with Crippen LogP contribution in [0, 0.1) is 11.8 Å². The SMILES string of the molecule is O=C(C#Cc1ccccc1)NCCNC(=S)NCc1ccnc2[nH]ccc12. The van der Waals surface area contributed by atoms with Crippen molar-refractivity contribution in [1.82, 2.24) is 25.9 Å². The summed E-state index contributed by atoms with van der Waals surface area (Å²) in [4.78, 5) is 19.0. The second-order valence-corrected chi connectivity index (χ2v) is 6.10. The Kier molecular flexibility index (Phi) is 6.39. The van der Waals surface area contributed by atoms with Gasteiger partial charge in [-0.3, -0.25) is 4.79 Å². The van der Waals surface area contributed by atoms with Crippen LogP contribution in [0.1, 0.15) is 11.1 Å². The molecule has 4 N–H and O–H groups in total. The van der Waals surface area contributed by atoms with Crippen molar-refractivity contribution in [3.63, 3.8) is 0 Å². The molecule has 0 aliphatic carbocycles. The number of fused-ring (bicyclic) bond motifs is 1. The van der Waals surface area contributed by atoms with Crippen LogP contribution < -0.4 is 16.0 Å². The highest BCUT2D eigenvalue weighted by molar-refractivity contribution is 7.80. The lowest BCUT2D eigenvalue weighted by Crippen LogP contribution is -2.39. The van der Waals surface area contributed by atoms with Gasteiger partial charge >= 0.3 is 0 Å². The molecule has 0 atom stereocenters. The molecule has 136 valence electrons. The van der Waals surface area contributed by atoms with Crippen LogP contribution in [0.3, 0.4) is 0 Å². The first-order valence-corrected chi connectivity index (χ1v) is 8.91. The first-order valence-electron chi connectivity index (χ1n) is 8.50. The summed E-state index contributed by atoms with van der Waals surface area (Å²) in [6.07, 6.45) is 3.62. The lowest BCUT2D eigenvalue weighted by atomic mass is 10.2. The zero-order valence-corrected chi connectivity index (χ0v) is 15.4. The highest BCUT2D eigenvalue weighted by atomic mass is 32.1. The van der Waals surface area contributed by atoms with E-state index in [2.05, 4.69) is 37.8 Å². The Morgan fingerprint density at radius 1 is 1.07 bits per heavy atom. The first-order chi connectivity index (χ1) is 13.2. The van der Waals surface area contributed by atoms with Crippen molar-refractivity contribution in [2.45, 2.75) is 6.54 Å².